The van der Waals surface area contributed by atoms with Crippen molar-refractivity contribution in [2.24, 2.45) is 0 Å². The number of nitrogens with zero attached hydrogens (tertiary/aromatic N) is 3. The number of hydrogen-bond donors (Lipinski definition) is 2. The molecule has 0 atom stereocenters. The van der Waals surface area contributed by atoms with E-state index in [2.05, 4.69) is 10.3 Å². The number of anilines is 1. The lowest BCUT2D eigenvalue weighted by Crippen LogP contribution is -2.25. The fourth-order valence-corrected chi connectivity index (χ4v) is 4.16. The van der Waals surface area contributed by atoms with Crippen LogP contribution in [0, 0.1) is 6.92 Å². The first-order valence-electron chi connectivity index (χ1n) is 10.1. The quantitative estimate of drug-likeness (QED) is 0.397. The highest BCUT2D eigenvalue weighted by atomic mass is 32.2. The molecule has 0 unspecified atom stereocenters. The van der Waals surface area contributed by atoms with Crippen molar-refractivity contribution >= 4 is 21.4 Å². The Balaban J connectivity index is 1.68. The molecule has 4 rings (SSSR count). The van der Waals surface area contributed by atoms with Gasteiger partial charge in [0.05, 0.1) is 41.0 Å². The number of furan rings is 1. The van der Waals surface area contributed by atoms with Gasteiger partial charge in [0, 0.05) is 6.20 Å². The Bertz CT molecular complexity index is 1590. The molecule has 0 fully saturated rings. The molecule has 188 valence electrons. The van der Waals surface area contributed by atoms with Gasteiger partial charge in [0.1, 0.15) is 0 Å². The van der Waals surface area contributed by atoms with Crippen molar-refractivity contribution in [3.63, 3.8) is 0 Å². The Labute approximate surface area is 201 Å². The van der Waals surface area contributed by atoms with Crippen LogP contribution >= 0.6 is 0 Å². The third kappa shape index (κ3) is 4.37. The van der Waals surface area contributed by atoms with Gasteiger partial charge in [-0.25, -0.2) is 17.8 Å². The number of carbonyl (C=O) groups excluding carboxylic acids is 1. The lowest BCUT2D eigenvalue weighted by molar-refractivity contribution is -0.0436. The van der Waals surface area contributed by atoms with Crippen LogP contribution in [-0.4, -0.2) is 39.1 Å². The summed E-state index contributed by atoms with van der Waals surface area (Å²) in [6, 6.07) is 7.90. The summed E-state index contributed by atoms with van der Waals surface area (Å²) < 4.78 is 68.6. The van der Waals surface area contributed by atoms with E-state index in [1.54, 1.807) is 12.1 Å². The maximum atomic E-state index is 13.1. The summed E-state index contributed by atoms with van der Waals surface area (Å²) in [6.07, 6.45) is 4.14. The van der Waals surface area contributed by atoms with Gasteiger partial charge in [0.2, 0.25) is 5.88 Å². The van der Waals surface area contributed by atoms with Crippen LogP contribution in [0.4, 0.5) is 18.9 Å². The van der Waals surface area contributed by atoms with Crippen LogP contribution in [-0.2, 0) is 16.4 Å². The Morgan fingerprint density at radius 2 is 1.86 bits per heavy atom. The first-order chi connectivity index (χ1) is 16.9. The molecule has 10 nitrogen and oxygen atoms in total. The number of nitrogens with one attached hydrogen (secondary N) is 1. The number of aromatic hydroxyl groups is 1. The summed E-state index contributed by atoms with van der Waals surface area (Å²) in [5.74, 6) is -0.993. The molecule has 0 bridgehead atoms. The van der Waals surface area contributed by atoms with Crippen molar-refractivity contribution in [3.05, 3.63) is 88.6 Å². The maximum absolute atomic E-state index is 13.1. The minimum Gasteiger partial charge on any atom is -0.493 e. The average molecular weight is 522 g/mol. The number of aromatic nitrogens is 3. The summed E-state index contributed by atoms with van der Waals surface area (Å²) in [6.45, 7) is 1.33. The number of pyridine rings is 1. The number of alkyl halides is 3. The Morgan fingerprint density at radius 1 is 1.17 bits per heavy atom. The van der Waals surface area contributed by atoms with Crippen LogP contribution in [0.25, 0.3) is 5.69 Å². The number of amides is 1. The highest BCUT2D eigenvalue weighted by Crippen LogP contribution is 2.31. The van der Waals surface area contributed by atoms with E-state index >= 15 is 0 Å². The summed E-state index contributed by atoms with van der Waals surface area (Å²) in [7, 11) is -5.57. The van der Waals surface area contributed by atoms with Crippen LogP contribution in [0.2, 0.25) is 0 Å². The van der Waals surface area contributed by atoms with Gasteiger partial charge in [-0.3, -0.25) is 14.3 Å². The van der Waals surface area contributed by atoms with Crippen molar-refractivity contribution in [3.8, 4) is 11.6 Å². The van der Waals surface area contributed by atoms with Crippen LogP contribution < -0.4 is 11.0 Å². The number of benzene rings is 1. The van der Waals surface area contributed by atoms with Gasteiger partial charge in [-0.05, 0) is 55.0 Å². The van der Waals surface area contributed by atoms with Gasteiger partial charge in [0.25, 0.3) is 15.7 Å². The lowest BCUT2D eigenvalue weighted by atomic mass is 10.2. The zero-order chi connectivity index (χ0) is 26.3. The molecule has 0 saturated heterocycles. The second kappa shape index (κ2) is 9.03. The van der Waals surface area contributed by atoms with E-state index < -0.39 is 37.7 Å². The van der Waals surface area contributed by atoms with E-state index in [1.165, 1.54) is 36.2 Å². The first-order valence-corrected chi connectivity index (χ1v) is 11.6. The van der Waals surface area contributed by atoms with Gasteiger partial charge in [-0.15, -0.1) is 0 Å². The first kappa shape index (κ1) is 24.8. The summed E-state index contributed by atoms with van der Waals surface area (Å²) >= 11 is 0. The van der Waals surface area contributed by atoms with Crippen LogP contribution in [0.1, 0.15) is 21.8 Å². The number of imidazole rings is 1. The van der Waals surface area contributed by atoms with E-state index in [1.807, 2.05) is 0 Å². The van der Waals surface area contributed by atoms with E-state index in [9.17, 15) is 36.3 Å². The van der Waals surface area contributed by atoms with E-state index in [0.29, 0.717) is 17.7 Å². The molecule has 0 radical (unpaired) electrons. The molecule has 3 heterocycles. The predicted molar refractivity (Wildman–Crippen MR) is 120 cm³/mol. The van der Waals surface area contributed by atoms with Gasteiger partial charge in [0.15, 0.2) is 5.76 Å². The van der Waals surface area contributed by atoms with Crippen LogP contribution in [0.5, 0.6) is 5.88 Å². The third-order valence-corrected chi connectivity index (χ3v) is 6.81. The summed E-state index contributed by atoms with van der Waals surface area (Å²) in [5, 5.41) is 13.2. The minimum atomic E-state index is -5.57. The van der Waals surface area contributed by atoms with E-state index in [0.717, 1.165) is 16.7 Å². The molecule has 3 aromatic heterocycles. The zero-order valence-electron chi connectivity index (χ0n) is 18.4. The largest absolute Gasteiger partial charge is 0.501 e. The molecule has 1 aromatic carbocycles. The Hall–Kier alpha value is -4.33. The standard InChI is InChI=1S/C22H17F3N4O6S/c1-13-20(31)29(15-4-6-16(7-5-15)36(33,34)22(23,24)25)21(32)28(13)12-14-8-9-26-11-17(14)27-19(30)18-3-2-10-35-18/h2-11,31H,12H2,1H3,(H,27,30). The van der Waals surface area contributed by atoms with Gasteiger partial charge in [-0.2, -0.15) is 13.2 Å². The third-order valence-electron chi connectivity index (χ3n) is 5.31. The normalized spacial score (nSPS) is 12.0. The highest BCUT2D eigenvalue weighted by Gasteiger charge is 2.46. The molecule has 0 aliphatic heterocycles. The van der Waals surface area contributed by atoms with Crippen molar-refractivity contribution in [2.45, 2.75) is 23.9 Å². The Morgan fingerprint density at radius 3 is 2.47 bits per heavy atom. The van der Waals surface area contributed by atoms with Gasteiger partial charge < -0.3 is 14.8 Å². The number of carbonyl (C=O) groups is 1. The minimum absolute atomic E-state index is 0.0536. The Kier molecular flexibility index (Phi) is 6.22. The monoisotopic (exact) mass is 522 g/mol. The molecule has 0 spiro atoms. The maximum Gasteiger partial charge on any atom is 0.501 e. The fraction of sp³-hybridized carbons (Fsp3) is 0.136. The molecule has 2 N–H and O–H groups in total. The molecule has 0 aliphatic rings. The van der Waals surface area contributed by atoms with Gasteiger partial charge >= 0.3 is 11.2 Å². The predicted octanol–water partition coefficient (Wildman–Crippen LogP) is 3.24. The molecule has 0 aliphatic carbocycles. The second-order valence-electron chi connectivity index (χ2n) is 7.52. The molecular formula is C22H17F3N4O6S. The van der Waals surface area contributed by atoms with Crippen molar-refractivity contribution in [1.29, 1.82) is 0 Å². The molecule has 0 saturated carbocycles. The average Bonchev–Trinajstić information content (AvgIpc) is 3.44. The topological polar surface area (TPSA) is 136 Å². The van der Waals surface area contributed by atoms with Crippen LogP contribution in [0.3, 0.4) is 0 Å². The SMILES string of the molecule is Cc1c(O)n(-c2ccc(S(=O)(=O)C(F)(F)F)cc2)c(=O)n1Cc1ccncc1NC(=O)c1ccco1. The second-order valence-corrected chi connectivity index (χ2v) is 9.46. The van der Waals surface area contributed by atoms with Crippen molar-refractivity contribution < 1.29 is 35.9 Å². The number of hydrogen-bond acceptors (Lipinski definition) is 7. The van der Waals surface area contributed by atoms with Crippen LogP contribution in [0.15, 0.2) is 75.2 Å². The summed E-state index contributed by atoms with van der Waals surface area (Å²) in [5.41, 5.74) is -5.44. The van der Waals surface area contributed by atoms with Crippen molar-refractivity contribution in [2.75, 3.05) is 5.32 Å². The molecule has 36 heavy (non-hydrogen) atoms. The van der Waals surface area contributed by atoms with Crippen molar-refractivity contribution in [1.82, 2.24) is 14.1 Å². The molecule has 4 aromatic rings. The smallest absolute Gasteiger partial charge is 0.493 e. The van der Waals surface area contributed by atoms with E-state index in [-0.39, 0.29) is 29.4 Å². The number of sulfone groups is 1. The molecular weight excluding hydrogens is 505 g/mol. The highest BCUT2D eigenvalue weighted by molar-refractivity contribution is 7.92. The fourth-order valence-electron chi connectivity index (χ4n) is 3.40. The van der Waals surface area contributed by atoms with Gasteiger partial charge in [-0.1, -0.05) is 0 Å². The molecule has 14 heteroatoms. The number of rotatable bonds is 6. The lowest BCUT2D eigenvalue weighted by Gasteiger charge is -2.11. The summed E-state index contributed by atoms with van der Waals surface area (Å²) in [4.78, 5) is 28.4. The zero-order valence-corrected chi connectivity index (χ0v) is 19.2. The van der Waals surface area contributed by atoms with E-state index in [4.69, 9.17) is 4.42 Å². The molecule has 1 amide bonds. The number of halogens is 3.